The number of likely N-dealkylation sites (tertiary alicyclic amines) is 1. The number of amides is 3. The molecule has 2 aliphatic rings. The van der Waals surface area contributed by atoms with E-state index in [1.807, 2.05) is 6.07 Å². The first kappa shape index (κ1) is 20.3. The largest absolute Gasteiger partial charge is 0.349 e. The van der Waals surface area contributed by atoms with Gasteiger partial charge in [0.2, 0.25) is 0 Å². The Morgan fingerprint density at radius 3 is 2.30 bits per heavy atom. The van der Waals surface area contributed by atoms with Gasteiger partial charge in [-0.2, -0.15) is 0 Å². The fourth-order valence-corrected chi connectivity index (χ4v) is 4.26. The van der Waals surface area contributed by atoms with E-state index in [2.05, 4.69) is 17.1 Å². The van der Waals surface area contributed by atoms with Crippen LogP contribution < -0.4 is 5.32 Å². The Kier molecular flexibility index (Phi) is 5.95. The second-order valence-corrected chi connectivity index (χ2v) is 8.03. The second kappa shape index (κ2) is 8.79. The summed E-state index contributed by atoms with van der Waals surface area (Å²) in [6.45, 7) is 5.48. The molecule has 6 nitrogen and oxygen atoms in total. The highest BCUT2D eigenvalue weighted by atomic mass is 16.2. The first-order valence-electron chi connectivity index (χ1n) is 10.6. The molecule has 0 saturated carbocycles. The Bertz CT molecular complexity index is 929. The van der Waals surface area contributed by atoms with Crippen molar-refractivity contribution in [2.75, 3.05) is 19.6 Å². The molecule has 2 aromatic carbocycles. The fourth-order valence-electron chi connectivity index (χ4n) is 4.26. The lowest BCUT2D eigenvalue weighted by Gasteiger charge is -2.32. The second-order valence-electron chi connectivity index (χ2n) is 8.03. The summed E-state index contributed by atoms with van der Waals surface area (Å²) in [5, 5.41) is 3.14. The smallest absolute Gasteiger partial charge is 0.261 e. The number of nitrogens with one attached hydrogen (secondary N) is 1. The van der Waals surface area contributed by atoms with Crippen molar-refractivity contribution in [1.29, 1.82) is 0 Å². The number of fused-ring (bicyclic) bond motifs is 1. The molecule has 2 aromatic rings. The van der Waals surface area contributed by atoms with Crippen molar-refractivity contribution in [3.63, 3.8) is 0 Å². The summed E-state index contributed by atoms with van der Waals surface area (Å²) in [7, 11) is 0. The molecule has 1 N–H and O–H groups in total. The van der Waals surface area contributed by atoms with Crippen LogP contribution in [0.4, 0.5) is 0 Å². The molecule has 6 heteroatoms. The zero-order chi connectivity index (χ0) is 21.1. The third kappa shape index (κ3) is 4.14. The minimum Gasteiger partial charge on any atom is -0.349 e. The predicted molar refractivity (Wildman–Crippen MR) is 114 cm³/mol. The van der Waals surface area contributed by atoms with Gasteiger partial charge in [-0.1, -0.05) is 31.2 Å². The zero-order valence-corrected chi connectivity index (χ0v) is 17.3. The highest BCUT2D eigenvalue weighted by Gasteiger charge is 2.35. The van der Waals surface area contributed by atoms with Gasteiger partial charge in [0.15, 0.2) is 0 Å². The molecule has 2 heterocycles. The molecule has 0 bridgehead atoms. The molecule has 1 saturated heterocycles. The summed E-state index contributed by atoms with van der Waals surface area (Å²) in [5.41, 5.74) is 2.19. The molecule has 0 spiro atoms. The topological polar surface area (TPSA) is 69.7 Å². The van der Waals surface area contributed by atoms with Crippen LogP contribution in [0.15, 0.2) is 48.5 Å². The van der Waals surface area contributed by atoms with Gasteiger partial charge >= 0.3 is 0 Å². The molecule has 3 amide bonds. The zero-order valence-electron chi connectivity index (χ0n) is 17.3. The molecule has 4 rings (SSSR count). The number of piperidine rings is 1. The SMILES string of the molecule is CCCN1CCC(NC(=O)c2cccc(CN3C(=O)c4ccccc4C3=O)c2)CC1. The monoisotopic (exact) mass is 405 g/mol. The summed E-state index contributed by atoms with van der Waals surface area (Å²) in [5.74, 6) is -0.679. The standard InChI is InChI=1S/C24H27N3O3/c1-2-12-26-13-10-19(11-14-26)25-22(28)18-7-5-6-17(15-18)16-27-23(29)20-8-3-4-9-21(20)24(27)30/h3-9,15,19H,2,10-14,16H2,1H3,(H,25,28). The fraction of sp³-hybridized carbons (Fsp3) is 0.375. The van der Waals surface area contributed by atoms with Crippen LogP contribution in [0.1, 0.15) is 62.8 Å². The summed E-state index contributed by atoms with van der Waals surface area (Å²) < 4.78 is 0. The Hall–Kier alpha value is -2.99. The minimum absolute atomic E-state index is 0.104. The van der Waals surface area contributed by atoms with Crippen molar-refractivity contribution in [3.05, 3.63) is 70.8 Å². The van der Waals surface area contributed by atoms with Crippen molar-refractivity contribution in [1.82, 2.24) is 15.1 Å². The van der Waals surface area contributed by atoms with E-state index in [9.17, 15) is 14.4 Å². The third-order valence-corrected chi connectivity index (χ3v) is 5.87. The van der Waals surface area contributed by atoms with Crippen molar-refractivity contribution in [2.45, 2.75) is 38.8 Å². The quantitative estimate of drug-likeness (QED) is 0.750. The maximum absolute atomic E-state index is 12.7. The van der Waals surface area contributed by atoms with E-state index in [4.69, 9.17) is 0 Å². The number of hydrogen-bond donors (Lipinski definition) is 1. The maximum atomic E-state index is 12.7. The highest BCUT2D eigenvalue weighted by molar-refractivity contribution is 6.21. The van der Waals surface area contributed by atoms with E-state index in [0.29, 0.717) is 16.7 Å². The molecule has 1 fully saturated rings. The van der Waals surface area contributed by atoms with E-state index in [1.165, 1.54) is 4.90 Å². The summed E-state index contributed by atoms with van der Waals surface area (Å²) in [6, 6.07) is 14.2. The lowest BCUT2D eigenvalue weighted by molar-refractivity contribution is 0.0642. The van der Waals surface area contributed by atoms with Gasteiger partial charge in [-0.3, -0.25) is 19.3 Å². The van der Waals surface area contributed by atoms with Crippen LogP contribution in [0.25, 0.3) is 0 Å². The van der Waals surface area contributed by atoms with Gasteiger partial charge in [0.1, 0.15) is 0 Å². The number of rotatable bonds is 6. The van der Waals surface area contributed by atoms with Gasteiger partial charge in [0, 0.05) is 24.7 Å². The number of nitrogens with zero attached hydrogens (tertiary/aromatic N) is 2. The number of imide groups is 1. The minimum atomic E-state index is -0.288. The van der Waals surface area contributed by atoms with E-state index < -0.39 is 0 Å². The number of benzene rings is 2. The van der Waals surface area contributed by atoms with E-state index in [-0.39, 0.29) is 30.3 Å². The van der Waals surface area contributed by atoms with Crippen LogP contribution in [0, 0.1) is 0 Å². The molecule has 2 aliphatic heterocycles. The molecular formula is C24H27N3O3. The van der Waals surface area contributed by atoms with Crippen LogP contribution in [0.5, 0.6) is 0 Å². The molecule has 30 heavy (non-hydrogen) atoms. The number of carbonyl (C=O) groups is 3. The summed E-state index contributed by atoms with van der Waals surface area (Å²) >= 11 is 0. The van der Waals surface area contributed by atoms with Crippen LogP contribution in [-0.2, 0) is 6.54 Å². The van der Waals surface area contributed by atoms with Gasteiger partial charge in [-0.15, -0.1) is 0 Å². The highest BCUT2D eigenvalue weighted by Crippen LogP contribution is 2.24. The Morgan fingerprint density at radius 1 is 1.00 bits per heavy atom. The first-order valence-corrected chi connectivity index (χ1v) is 10.6. The van der Waals surface area contributed by atoms with Crippen LogP contribution in [0.3, 0.4) is 0 Å². The van der Waals surface area contributed by atoms with Gasteiger partial charge in [-0.25, -0.2) is 0 Å². The summed E-state index contributed by atoms with van der Waals surface area (Å²) in [6.07, 6.45) is 3.07. The molecule has 0 aromatic heterocycles. The number of hydrogen-bond acceptors (Lipinski definition) is 4. The molecule has 0 radical (unpaired) electrons. The lowest BCUT2D eigenvalue weighted by Crippen LogP contribution is -2.44. The third-order valence-electron chi connectivity index (χ3n) is 5.87. The van der Waals surface area contributed by atoms with Crippen molar-refractivity contribution in [2.24, 2.45) is 0 Å². The van der Waals surface area contributed by atoms with E-state index >= 15 is 0 Å². The Morgan fingerprint density at radius 2 is 1.67 bits per heavy atom. The van der Waals surface area contributed by atoms with Gasteiger partial charge in [0.05, 0.1) is 17.7 Å². The van der Waals surface area contributed by atoms with Gasteiger partial charge in [0.25, 0.3) is 17.7 Å². The Balaban J connectivity index is 1.39. The molecule has 156 valence electrons. The van der Waals surface area contributed by atoms with Gasteiger partial charge < -0.3 is 10.2 Å². The molecular weight excluding hydrogens is 378 g/mol. The van der Waals surface area contributed by atoms with Crippen molar-refractivity contribution >= 4 is 17.7 Å². The Labute approximate surface area is 176 Å². The van der Waals surface area contributed by atoms with Crippen LogP contribution in [0.2, 0.25) is 0 Å². The van der Waals surface area contributed by atoms with E-state index in [1.54, 1.807) is 42.5 Å². The normalized spacial score (nSPS) is 17.3. The first-order chi connectivity index (χ1) is 14.6. The molecule has 0 atom stereocenters. The van der Waals surface area contributed by atoms with E-state index in [0.717, 1.165) is 44.5 Å². The maximum Gasteiger partial charge on any atom is 0.261 e. The predicted octanol–water partition coefficient (Wildman–Crippen LogP) is 3.09. The average Bonchev–Trinajstić information content (AvgIpc) is 3.01. The van der Waals surface area contributed by atoms with Crippen molar-refractivity contribution < 1.29 is 14.4 Å². The van der Waals surface area contributed by atoms with Crippen molar-refractivity contribution in [3.8, 4) is 0 Å². The lowest BCUT2D eigenvalue weighted by atomic mass is 10.0. The average molecular weight is 405 g/mol. The molecule has 0 unspecified atom stereocenters. The van der Waals surface area contributed by atoms with Gasteiger partial charge in [-0.05, 0) is 55.6 Å². The number of carbonyl (C=O) groups excluding carboxylic acids is 3. The van der Waals surface area contributed by atoms with Crippen LogP contribution >= 0.6 is 0 Å². The van der Waals surface area contributed by atoms with Crippen LogP contribution in [-0.4, -0.2) is 53.2 Å². The molecule has 0 aliphatic carbocycles. The summed E-state index contributed by atoms with van der Waals surface area (Å²) in [4.78, 5) is 41.6.